The van der Waals surface area contributed by atoms with E-state index in [1.54, 1.807) is 12.1 Å². The normalized spacial score (nSPS) is 21.3. The van der Waals surface area contributed by atoms with Crippen LogP contribution in [0.15, 0.2) is 47.4 Å². The van der Waals surface area contributed by atoms with E-state index in [0.29, 0.717) is 0 Å². The first-order valence-corrected chi connectivity index (χ1v) is 6.07. The Morgan fingerprint density at radius 3 is 2.68 bits per heavy atom. The predicted molar refractivity (Wildman–Crippen MR) is 68.3 cm³/mol. The van der Waals surface area contributed by atoms with Gasteiger partial charge in [0.25, 0.3) is 5.69 Å². The summed E-state index contributed by atoms with van der Waals surface area (Å²) >= 11 is 0. The molecule has 1 unspecified atom stereocenters. The summed E-state index contributed by atoms with van der Waals surface area (Å²) in [7, 11) is 0. The zero-order chi connectivity index (χ0) is 13.4. The molecule has 0 bridgehead atoms. The third-order valence-corrected chi connectivity index (χ3v) is 3.44. The van der Waals surface area contributed by atoms with Gasteiger partial charge in [-0.3, -0.25) is 10.1 Å². The van der Waals surface area contributed by atoms with Crippen molar-refractivity contribution in [2.24, 2.45) is 0 Å². The highest BCUT2D eigenvalue weighted by Gasteiger charge is 2.27. The van der Waals surface area contributed by atoms with Crippen LogP contribution >= 0.6 is 0 Å². The third kappa shape index (κ3) is 2.07. The number of allylic oxidation sites excluding steroid dienone is 3. The summed E-state index contributed by atoms with van der Waals surface area (Å²) in [5, 5.41) is 10.6. The van der Waals surface area contributed by atoms with E-state index in [2.05, 4.69) is 6.08 Å². The number of rotatable bonds is 2. The van der Waals surface area contributed by atoms with E-state index >= 15 is 0 Å². The molecule has 5 heteroatoms. The molecule has 1 aromatic carbocycles. The molecule has 98 valence electrons. The second-order valence-corrected chi connectivity index (χ2v) is 4.67. The molecule has 1 aromatic rings. The third-order valence-electron chi connectivity index (χ3n) is 3.44. The number of nitro groups is 1. The fraction of sp³-hybridized carbons (Fsp3) is 0.286. The summed E-state index contributed by atoms with van der Waals surface area (Å²) in [6.07, 6.45) is 2.86. The molecule has 1 atom stereocenters. The van der Waals surface area contributed by atoms with Gasteiger partial charge >= 0.3 is 0 Å². The van der Waals surface area contributed by atoms with E-state index in [0.717, 1.165) is 29.1 Å². The predicted octanol–water partition coefficient (Wildman–Crippen LogP) is 3.24. The van der Waals surface area contributed by atoms with Gasteiger partial charge in [-0.15, -0.1) is 0 Å². The fourth-order valence-corrected chi connectivity index (χ4v) is 2.48. The van der Waals surface area contributed by atoms with Crippen molar-refractivity contribution >= 4 is 5.69 Å². The van der Waals surface area contributed by atoms with Crippen molar-refractivity contribution in [1.82, 2.24) is 0 Å². The molecule has 19 heavy (non-hydrogen) atoms. The Kier molecular flexibility index (Phi) is 2.74. The first-order chi connectivity index (χ1) is 9.15. The van der Waals surface area contributed by atoms with Crippen LogP contribution in [0.2, 0.25) is 0 Å². The summed E-state index contributed by atoms with van der Waals surface area (Å²) < 4.78 is 10.9. The Morgan fingerprint density at radius 1 is 1.26 bits per heavy atom. The van der Waals surface area contributed by atoms with Crippen LogP contribution in [0.25, 0.3) is 0 Å². The van der Waals surface area contributed by atoms with Crippen molar-refractivity contribution in [1.29, 1.82) is 0 Å². The van der Waals surface area contributed by atoms with E-state index < -0.39 is 0 Å². The minimum atomic E-state index is -0.389. The van der Waals surface area contributed by atoms with Crippen LogP contribution in [-0.2, 0) is 9.47 Å². The minimum Gasteiger partial charge on any atom is -0.458 e. The largest absolute Gasteiger partial charge is 0.458 e. The summed E-state index contributed by atoms with van der Waals surface area (Å²) in [6.45, 7) is 2.27. The maximum atomic E-state index is 10.6. The van der Waals surface area contributed by atoms with Gasteiger partial charge < -0.3 is 9.47 Å². The first-order valence-electron chi connectivity index (χ1n) is 6.07. The van der Waals surface area contributed by atoms with Gasteiger partial charge in [0.15, 0.2) is 5.76 Å². The van der Waals surface area contributed by atoms with Gasteiger partial charge in [-0.25, -0.2) is 0 Å². The summed E-state index contributed by atoms with van der Waals surface area (Å²) in [6, 6.07) is 6.67. The zero-order valence-corrected chi connectivity index (χ0v) is 10.5. The molecule has 0 N–H and O–H groups in total. The lowest BCUT2D eigenvalue weighted by Crippen LogP contribution is -2.05. The second kappa shape index (κ2) is 4.42. The van der Waals surface area contributed by atoms with E-state index in [1.165, 1.54) is 12.1 Å². The topological polar surface area (TPSA) is 61.6 Å². The molecular formula is C14H13NO4. The number of nitro benzene ring substituents is 1. The van der Waals surface area contributed by atoms with Crippen molar-refractivity contribution in [3.63, 3.8) is 0 Å². The maximum Gasteiger partial charge on any atom is 0.269 e. The lowest BCUT2D eigenvalue weighted by molar-refractivity contribution is -0.384. The molecule has 0 saturated carbocycles. The summed E-state index contributed by atoms with van der Waals surface area (Å²) in [4.78, 5) is 10.3. The molecule has 1 aliphatic heterocycles. The molecule has 1 heterocycles. The molecule has 0 amide bonds. The molecule has 1 aliphatic carbocycles. The van der Waals surface area contributed by atoms with Gasteiger partial charge in [0.2, 0.25) is 6.79 Å². The Bertz CT molecular complexity index is 586. The van der Waals surface area contributed by atoms with E-state index in [4.69, 9.17) is 9.47 Å². The van der Waals surface area contributed by atoms with Gasteiger partial charge in [0, 0.05) is 24.5 Å². The molecular weight excluding hydrogens is 246 g/mol. The molecule has 5 nitrogen and oxygen atoms in total. The molecule has 0 radical (unpaired) electrons. The number of hydrogen-bond acceptors (Lipinski definition) is 4. The van der Waals surface area contributed by atoms with Crippen molar-refractivity contribution in [2.45, 2.75) is 19.3 Å². The van der Waals surface area contributed by atoms with Crippen LogP contribution in [0.5, 0.6) is 0 Å². The Hall–Kier alpha value is -2.30. The number of nitrogens with zero attached hydrogens (tertiary/aromatic N) is 1. The first kappa shape index (κ1) is 11.8. The molecule has 0 saturated heterocycles. The number of ether oxygens (including phenoxy) is 2. The van der Waals surface area contributed by atoms with Crippen molar-refractivity contribution < 1.29 is 14.4 Å². The molecule has 3 rings (SSSR count). The average Bonchev–Trinajstić information content (AvgIpc) is 2.87. The monoisotopic (exact) mass is 259 g/mol. The van der Waals surface area contributed by atoms with Crippen LogP contribution in [0, 0.1) is 10.1 Å². The Labute approximate surface area is 110 Å². The van der Waals surface area contributed by atoms with E-state index in [1.807, 2.05) is 6.92 Å². The van der Waals surface area contributed by atoms with Crippen LogP contribution in [0.4, 0.5) is 5.69 Å². The van der Waals surface area contributed by atoms with Crippen molar-refractivity contribution in [3.8, 4) is 0 Å². The quantitative estimate of drug-likeness (QED) is 0.604. The molecule has 2 aliphatic rings. The smallest absolute Gasteiger partial charge is 0.269 e. The highest BCUT2D eigenvalue weighted by atomic mass is 16.7. The summed E-state index contributed by atoms with van der Waals surface area (Å²) in [5.41, 5.74) is 2.22. The van der Waals surface area contributed by atoms with Crippen LogP contribution in [0.1, 0.15) is 24.8 Å². The van der Waals surface area contributed by atoms with Gasteiger partial charge in [-0.1, -0.05) is 18.2 Å². The number of non-ortho nitro benzene ring substituents is 1. The Balaban J connectivity index is 1.86. The van der Waals surface area contributed by atoms with Crippen LogP contribution in [0.3, 0.4) is 0 Å². The highest BCUT2D eigenvalue weighted by molar-refractivity contribution is 5.41. The van der Waals surface area contributed by atoms with Crippen LogP contribution in [-0.4, -0.2) is 11.7 Å². The van der Waals surface area contributed by atoms with E-state index in [9.17, 15) is 10.1 Å². The number of benzene rings is 1. The van der Waals surface area contributed by atoms with Gasteiger partial charge in [-0.2, -0.15) is 0 Å². The molecule has 0 aromatic heterocycles. The molecule has 0 spiro atoms. The molecule has 0 fully saturated rings. The van der Waals surface area contributed by atoms with E-state index in [-0.39, 0.29) is 23.3 Å². The second-order valence-electron chi connectivity index (χ2n) is 4.67. The Morgan fingerprint density at radius 2 is 2.00 bits per heavy atom. The minimum absolute atomic E-state index is 0.112. The maximum absolute atomic E-state index is 10.6. The average molecular weight is 259 g/mol. The standard InChI is InChI=1S/C14H13NO4/c1-9-6-11(7-13-14(9)19-8-18-13)10-2-4-12(5-3-10)15(16)17/h2-6,11H,7-8H2,1H3. The SMILES string of the molecule is CC1=CC(c2ccc([N+](=O)[O-])cc2)CC2=C1OCO2. The fourth-order valence-electron chi connectivity index (χ4n) is 2.48. The summed E-state index contributed by atoms with van der Waals surface area (Å²) in [5.74, 6) is 1.91. The van der Waals surface area contributed by atoms with Crippen molar-refractivity contribution in [3.05, 3.63) is 63.1 Å². The van der Waals surface area contributed by atoms with Crippen molar-refractivity contribution in [2.75, 3.05) is 6.79 Å². The van der Waals surface area contributed by atoms with Crippen LogP contribution < -0.4 is 0 Å². The highest BCUT2D eigenvalue weighted by Crippen LogP contribution is 2.38. The van der Waals surface area contributed by atoms with Gasteiger partial charge in [0.05, 0.1) is 4.92 Å². The van der Waals surface area contributed by atoms with Gasteiger partial charge in [-0.05, 0) is 18.1 Å². The van der Waals surface area contributed by atoms with Gasteiger partial charge in [0.1, 0.15) is 5.76 Å². The zero-order valence-electron chi connectivity index (χ0n) is 10.5. The lowest BCUT2D eigenvalue weighted by atomic mass is 9.88. The number of hydrogen-bond donors (Lipinski definition) is 0. The lowest BCUT2D eigenvalue weighted by Gasteiger charge is -2.19.